The number of Topliss-reactive ketones (excluding diaryl/α,β-unsaturated/α-hetero) is 1. The number of furan rings is 1. The smallest absolute Gasteiger partial charge is 0.255 e. The molecule has 2 aromatic heterocycles. The van der Waals surface area contributed by atoms with E-state index in [4.69, 9.17) is 8.83 Å². The Balaban J connectivity index is 1.49. The predicted octanol–water partition coefficient (Wildman–Crippen LogP) is 3.84. The number of benzene rings is 1. The Morgan fingerprint density at radius 2 is 2.03 bits per heavy atom. The number of carbonyl (C=O) groups is 2. The summed E-state index contributed by atoms with van der Waals surface area (Å²) < 4.78 is 38.0. The fourth-order valence-electron chi connectivity index (χ4n) is 3.56. The zero-order valence-corrected chi connectivity index (χ0v) is 19.4. The fraction of sp³-hybridized carbons (Fsp3) is 0.348. The normalized spacial score (nSPS) is 13.8. The lowest BCUT2D eigenvalue weighted by molar-refractivity contribution is 0.0926. The van der Waals surface area contributed by atoms with Gasteiger partial charge in [0.2, 0.25) is 15.9 Å². The largest absolute Gasteiger partial charge is 0.468 e. The van der Waals surface area contributed by atoms with Gasteiger partial charge < -0.3 is 14.2 Å². The number of aromatic nitrogens is 1. The van der Waals surface area contributed by atoms with E-state index in [1.54, 1.807) is 45.0 Å². The number of hydrogen-bond acceptors (Lipinski definition) is 7. The first-order chi connectivity index (χ1) is 15.7. The number of sulfonamides is 1. The number of ketones is 1. The van der Waals surface area contributed by atoms with Gasteiger partial charge >= 0.3 is 0 Å². The maximum Gasteiger partial charge on any atom is 0.255 e. The molecule has 33 heavy (non-hydrogen) atoms. The molecule has 1 aromatic carbocycles. The molecule has 0 saturated carbocycles. The third-order valence-corrected chi connectivity index (χ3v) is 7.26. The molecule has 0 atom stereocenters. The number of carbonyl (C=O) groups excluding carboxylic acids is 2. The molecular formula is C23H25N3O6S. The van der Waals surface area contributed by atoms with E-state index in [2.05, 4.69) is 15.0 Å². The lowest BCUT2D eigenvalue weighted by Gasteiger charge is -2.11. The minimum Gasteiger partial charge on any atom is -0.468 e. The first kappa shape index (κ1) is 22.8. The standard InChI is InChI=1S/C23H25N3O6S/c1-13(2)33(29,30)26-16-7-4-6-15(10-16)23-25-18(14(3)32-23)11-24-22(28)17-12-31-20-9-5-8-19(27)21(17)20/h4,6-7,10,12-13,26H,5,8-9,11H2,1-3H3,(H,24,28). The topological polar surface area (TPSA) is 132 Å². The Kier molecular flexibility index (Phi) is 6.11. The zero-order valence-electron chi connectivity index (χ0n) is 18.6. The van der Waals surface area contributed by atoms with Crippen LogP contribution in [0.15, 0.2) is 39.4 Å². The Bertz CT molecular complexity index is 1320. The van der Waals surface area contributed by atoms with Crippen molar-refractivity contribution in [3.05, 3.63) is 58.9 Å². The van der Waals surface area contributed by atoms with Crippen LogP contribution in [0.2, 0.25) is 0 Å². The van der Waals surface area contributed by atoms with Gasteiger partial charge in [0.25, 0.3) is 5.91 Å². The van der Waals surface area contributed by atoms with Gasteiger partial charge in [-0.2, -0.15) is 0 Å². The number of anilines is 1. The molecule has 0 aliphatic heterocycles. The molecule has 3 aromatic rings. The van der Waals surface area contributed by atoms with E-state index in [1.807, 2.05) is 0 Å². The number of aryl methyl sites for hydroxylation is 2. The minimum atomic E-state index is -3.48. The van der Waals surface area contributed by atoms with Gasteiger partial charge in [0.15, 0.2) is 5.78 Å². The average Bonchev–Trinajstić information content (AvgIpc) is 3.36. The van der Waals surface area contributed by atoms with E-state index in [-0.39, 0.29) is 17.9 Å². The fourth-order valence-corrected chi connectivity index (χ4v) is 4.25. The monoisotopic (exact) mass is 471 g/mol. The third-order valence-electron chi connectivity index (χ3n) is 5.50. The van der Waals surface area contributed by atoms with Crippen LogP contribution >= 0.6 is 0 Å². The first-order valence-corrected chi connectivity index (χ1v) is 12.2. The van der Waals surface area contributed by atoms with Crippen LogP contribution in [-0.2, 0) is 23.0 Å². The van der Waals surface area contributed by atoms with Gasteiger partial charge in [-0.1, -0.05) is 6.07 Å². The SMILES string of the molecule is Cc1oc(-c2cccc(NS(=O)(=O)C(C)C)c2)nc1CNC(=O)c1coc2c1C(=O)CCC2. The summed E-state index contributed by atoms with van der Waals surface area (Å²) in [5, 5.41) is 2.19. The zero-order chi connectivity index (χ0) is 23.8. The second-order valence-electron chi connectivity index (χ2n) is 8.21. The van der Waals surface area contributed by atoms with Crippen molar-refractivity contribution in [1.82, 2.24) is 10.3 Å². The van der Waals surface area contributed by atoms with Crippen LogP contribution in [0.4, 0.5) is 5.69 Å². The van der Waals surface area contributed by atoms with Crippen LogP contribution in [0.3, 0.4) is 0 Å². The van der Waals surface area contributed by atoms with Crippen molar-refractivity contribution in [2.75, 3.05) is 4.72 Å². The molecule has 0 bridgehead atoms. The van der Waals surface area contributed by atoms with E-state index in [1.165, 1.54) is 6.26 Å². The maximum absolute atomic E-state index is 12.7. The third kappa shape index (κ3) is 4.70. The Labute approximate surface area is 191 Å². The van der Waals surface area contributed by atoms with Crippen LogP contribution in [0, 0.1) is 6.92 Å². The molecule has 0 radical (unpaired) electrons. The molecule has 1 aliphatic carbocycles. The summed E-state index contributed by atoms with van der Waals surface area (Å²) in [5.74, 6) is 0.888. The van der Waals surface area contributed by atoms with Crippen molar-refractivity contribution in [2.45, 2.75) is 51.8 Å². The van der Waals surface area contributed by atoms with Gasteiger partial charge in [-0.3, -0.25) is 14.3 Å². The maximum atomic E-state index is 12.7. The number of nitrogens with one attached hydrogen (secondary N) is 2. The molecule has 2 N–H and O–H groups in total. The highest BCUT2D eigenvalue weighted by molar-refractivity contribution is 7.93. The summed E-state index contributed by atoms with van der Waals surface area (Å²) in [6.07, 6.45) is 3.10. The number of nitrogens with zero attached hydrogens (tertiary/aromatic N) is 1. The average molecular weight is 472 g/mol. The predicted molar refractivity (Wildman–Crippen MR) is 122 cm³/mol. The lowest BCUT2D eigenvalue weighted by atomic mass is 9.94. The highest BCUT2D eigenvalue weighted by atomic mass is 32.2. The number of oxazole rings is 1. The number of rotatable bonds is 7. The second kappa shape index (κ2) is 8.86. The van der Waals surface area contributed by atoms with Gasteiger partial charge in [0, 0.05) is 24.1 Å². The number of amides is 1. The molecule has 0 unspecified atom stereocenters. The first-order valence-electron chi connectivity index (χ1n) is 10.7. The lowest BCUT2D eigenvalue weighted by Crippen LogP contribution is -2.25. The molecule has 1 amide bonds. The summed E-state index contributed by atoms with van der Waals surface area (Å²) >= 11 is 0. The van der Waals surface area contributed by atoms with Crippen molar-refractivity contribution >= 4 is 27.4 Å². The molecule has 1 aliphatic rings. The minimum absolute atomic E-state index is 0.0805. The highest BCUT2D eigenvalue weighted by Gasteiger charge is 2.28. The van der Waals surface area contributed by atoms with Crippen molar-refractivity contribution in [3.8, 4) is 11.5 Å². The van der Waals surface area contributed by atoms with Crippen LogP contribution in [0.1, 0.15) is 64.6 Å². The van der Waals surface area contributed by atoms with Crippen LogP contribution in [0.25, 0.3) is 11.5 Å². The van der Waals surface area contributed by atoms with Crippen molar-refractivity contribution in [2.24, 2.45) is 0 Å². The van der Waals surface area contributed by atoms with Crippen LogP contribution < -0.4 is 10.0 Å². The van der Waals surface area contributed by atoms with Crippen molar-refractivity contribution in [1.29, 1.82) is 0 Å². The van der Waals surface area contributed by atoms with Gasteiger partial charge in [-0.15, -0.1) is 0 Å². The van der Waals surface area contributed by atoms with Gasteiger partial charge in [-0.25, -0.2) is 13.4 Å². The Hall–Kier alpha value is -3.40. The molecule has 9 nitrogen and oxygen atoms in total. The molecule has 0 fully saturated rings. The summed E-state index contributed by atoms with van der Waals surface area (Å²) in [4.78, 5) is 29.3. The van der Waals surface area contributed by atoms with E-state index >= 15 is 0 Å². The molecule has 4 rings (SSSR count). The second-order valence-corrected chi connectivity index (χ2v) is 10.4. The van der Waals surface area contributed by atoms with E-state index < -0.39 is 21.2 Å². The van der Waals surface area contributed by atoms with E-state index in [0.717, 1.165) is 6.42 Å². The van der Waals surface area contributed by atoms with Crippen LogP contribution in [-0.4, -0.2) is 30.3 Å². The Morgan fingerprint density at radius 1 is 1.24 bits per heavy atom. The summed E-state index contributed by atoms with van der Waals surface area (Å²) in [6, 6.07) is 6.74. The van der Waals surface area contributed by atoms with Gasteiger partial charge in [0.1, 0.15) is 23.5 Å². The molecule has 0 spiro atoms. The Morgan fingerprint density at radius 3 is 2.79 bits per heavy atom. The van der Waals surface area contributed by atoms with Crippen molar-refractivity contribution in [3.63, 3.8) is 0 Å². The van der Waals surface area contributed by atoms with Crippen molar-refractivity contribution < 1.29 is 26.8 Å². The summed E-state index contributed by atoms with van der Waals surface area (Å²) in [5.41, 5.74) is 2.13. The molecule has 0 saturated heterocycles. The molecular weight excluding hydrogens is 446 g/mol. The molecule has 10 heteroatoms. The highest BCUT2D eigenvalue weighted by Crippen LogP contribution is 2.27. The van der Waals surface area contributed by atoms with Crippen LogP contribution in [0.5, 0.6) is 0 Å². The quantitative estimate of drug-likeness (QED) is 0.535. The van der Waals surface area contributed by atoms with Gasteiger partial charge in [-0.05, 0) is 45.4 Å². The molecule has 2 heterocycles. The summed E-state index contributed by atoms with van der Waals surface area (Å²) in [6.45, 7) is 5.02. The van der Waals surface area contributed by atoms with E-state index in [9.17, 15) is 18.0 Å². The molecule has 174 valence electrons. The van der Waals surface area contributed by atoms with Gasteiger partial charge in [0.05, 0.1) is 22.9 Å². The number of fused-ring (bicyclic) bond motifs is 1. The number of hydrogen-bond donors (Lipinski definition) is 2. The van der Waals surface area contributed by atoms with E-state index in [0.29, 0.717) is 52.8 Å². The summed E-state index contributed by atoms with van der Waals surface area (Å²) in [7, 11) is -3.48.